The topological polar surface area (TPSA) is 115 Å². The molecule has 0 saturated heterocycles. The number of nitrogens with zero attached hydrogens (tertiary/aromatic N) is 4. The smallest absolute Gasteiger partial charge is 0.387 e. The van der Waals surface area contributed by atoms with Gasteiger partial charge in [0.05, 0.1) is 24.5 Å². The van der Waals surface area contributed by atoms with Crippen molar-refractivity contribution in [2.75, 3.05) is 32.1 Å². The fraction of sp³-hybridized carbons (Fsp3) is 0.439. The number of aliphatic hydroxyl groups excluding tert-OH is 1. The second-order valence-electron chi connectivity index (χ2n) is 15.4. The number of methoxy groups -OCH3 is 1. The van der Waals surface area contributed by atoms with Crippen molar-refractivity contribution in [3.05, 3.63) is 82.7 Å². The van der Waals surface area contributed by atoms with E-state index in [0.29, 0.717) is 40.0 Å². The summed E-state index contributed by atoms with van der Waals surface area (Å²) in [4.78, 5) is 25.4. The summed E-state index contributed by atoms with van der Waals surface area (Å²) in [5, 5.41) is 12.7. The second-order valence-corrected chi connectivity index (χ2v) is 15.4. The van der Waals surface area contributed by atoms with Crippen molar-refractivity contribution >= 4 is 22.7 Å². The van der Waals surface area contributed by atoms with E-state index in [0.717, 1.165) is 37.5 Å². The van der Waals surface area contributed by atoms with Crippen LogP contribution in [0.5, 0.6) is 5.75 Å². The number of aromatic nitrogens is 3. The summed E-state index contributed by atoms with van der Waals surface area (Å²) in [5.41, 5.74) is 5.30. The highest BCUT2D eigenvalue weighted by molar-refractivity contribution is 6.03. The quantitative estimate of drug-likeness (QED) is 0.132. The van der Waals surface area contributed by atoms with Gasteiger partial charge in [0.1, 0.15) is 17.1 Å². The van der Waals surface area contributed by atoms with Gasteiger partial charge in [0.2, 0.25) is 5.89 Å². The molecule has 0 radical (unpaired) electrons. The summed E-state index contributed by atoms with van der Waals surface area (Å²) in [5.74, 6) is -0.948. The molecule has 3 aliphatic rings. The van der Waals surface area contributed by atoms with E-state index in [9.17, 15) is 18.7 Å². The van der Waals surface area contributed by atoms with Crippen LogP contribution in [0.2, 0.25) is 0 Å². The van der Waals surface area contributed by atoms with Crippen molar-refractivity contribution in [1.29, 1.82) is 0 Å². The van der Waals surface area contributed by atoms with Gasteiger partial charge in [-0.2, -0.15) is 8.78 Å². The summed E-state index contributed by atoms with van der Waals surface area (Å²) >= 11 is 0. The van der Waals surface area contributed by atoms with Crippen molar-refractivity contribution in [3.8, 4) is 28.3 Å². The second kappa shape index (κ2) is 14.2. The van der Waals surface area contributed by atoms with E-state index in [1.54, 1.807) is 30.3 Å². The van der Waals surface area contributed by atoms with Gasteiger partial charge in [0, 0.05) is 62.2 Å². The highest BCUT2D eigenvalue weighted by atomic mass is 19.3. The number of anilines is 1. The van der Waals surface area contributed by atoms with Crippen molar-refractivity contribution < 1.29 is 37.0 Å². The van der Waals surface area contributed by atoms with Gasteiger partial charge < -0.3 is 28.9 Å². The van der Waals surface area contributed by atoms with Gasteiger partial charge in [-0.1, -0.05) is 24.3 Å². The van der Waals surface area contributed by atoms with E-state index in [-0.39, 0.29) is 45.3 Å². The van der Waals surface area contributed by atoms with Gasteiger partial charge in [-0.05, 0) is 92.1 Å². The number of carbonyl (C=O) groups excluding carboxylic acids is 1. The Morgan fingerprint density at radius 2 is 1.80 bits per heavy atom. The largest absolute Gasteiger partial charge is 0.436 e. The van der Waals surface area contributed by atoms with Gasteiger partial charge >= 0.3 is 6.61 Å². The number of amides is 1. The molecule has 3 heterocycles. The van der Waals surface area contributed by atoms with E-state index in [4.69, 9.17) is 14.1 Å². The number of halogens is 3. The molecule has 2 aromatic heterocycles. The Hall–Kier alpha value is -4.72. The fourth-order valence-corrected chi connectivity index (χ4v) is 9.26. The van der Waals surface area contributed by atoms with Crippen LogP contribution in [0.3, 0.4) is 0 Å². The predicted molar refractivity (Wildman–Crippen MR) is 197 cm³/mol. The zero-order valence-electron chi connectivity index (χ0n) is 30.7. The molecule has 54 heavy (non-hydrogen) atoms. The lowest BCUT2D eigenvalue weighted by atomic mass is 9.80. The first-order valence-electron chi connectivity index (χ1n) is 18.5. The lowest BCUT2D eigenvalue weighted by Crippen LogP contribution is -2.34. The first-order chi connectivity index (χ1) is 26.0. The molecule has 2 aliphatic carbocycles. The third kappa shape index (κ3) is 6.56. The minimum atomic E-state index is -3.10. The average molecular weight is 744 g/mol. The van der Waals surface area contributed by atoms with Crippen molar-refractivity contribution in [2.24, 2.45) is 17.9 Å². The van der Waals surface area contributed by atoms with Crippen molar-refractivity contribution in [1.82, 2.24) is 19.4 Å². The molecule has 0 atom stereocenters. The molecule has 8 rings (SSSR count). The Morgan fingerprint density at radius 3 is 2.56 bits per heavy atom. The zero-order chi connectivity index (χ0) is 37.8. The minimum Gasteiger partial charge on any atom is -0.436 e. The summed E-state index contributed by atoms with van der Waals surface area (Å²) < 4.78 is 59.9. The van der Waals surface area contributed by atoms with Crippen LogP contribution < -0.4 is 10.1 Å². The normalized spacial score (nSPS) is 21.0. The molecule has 1 aliphatic heterocycles. The van der Waals surface area contributed by atoms with Crippen LogP contribution in [0.4, 0.5) is 18.9 Å². The fourth-order valence-electron chi connectivity index (χ4n) is 9.26. The Kier molecular flexibility index (Phi) is 9.51. The summed E-state index contributed by atoms with van der Waals surface area (Å²) in [7, 11) is 3.70. The molecular weight excluding hydrogens is 699 g/mol. The molecule has 10 nitrogen and oxygen atoms in total. The molecule has 2 bridgehead atoms. The number of hydrogen-bond donors (Lipinski definition) is 2. The number of alkyl halides is 2. The van der Waals surface area contributed by atoms with E-state index in [1.807, 2.05) is 25.6 Å². The number of ether oxygens (including phenoxy) is 2. The Balaban J connectivity index is 0.982. The van der Waals surface area contributed by atoms with Gasteiger partial charge in [-0.25, -0.2) is 14.4 Å². The Morgan fingerprint density at radius 1 is 1.06 bits per heavy atom. The van der Waals surface area contributed by atoms with E-state index in [1.165, 1.54) is 56.7 Å². The zero-order valence-corrected chi connectivity index (χ0v) is 30.7. The predicted octanol–water partition coefficient (Wildman–Crippen LogP) is 8.03. The van der Waals surface area contributed by atoms with E-state index >= 15 is 4.39 Å². The van der Waals surface area contributed by atoms with Crippen LogP contribution in [0, 0.1) is 23.6 Å². The maximum absolute atomic E-state index is 16.3. The minimum absolute atomic E-state index is 0.0531. The number of benzene rings is 3. The number of hydrogen-bond acceptors (Lipinski definition) is 8. The van der Waals surface area contributed by atoms with Crippen LogP contribution in [-0.4, -0.2) is 63.9 Å². The Labute approximate surface area is 311 Å². The third-order valence-electron chi connectivity index (χ3n) is 12.1. The molecule has 0 spiro atoms. The standard InChI is InChI=1S/C41H44F3N5O5/c1-24-26(27-7-4-8-28(35(27)42)38-47-30-18-25(21-50)33(54-39(43)44)19-34(30)53-38)6-5-9-29(24)46-37(51)36-45-31-20-49(16-10-32(31)48(36)2)17-15-40-11-13-41(22-40,14-12-40)23-52-3/h4-9,18-19,39,50H,10-17,20-23H2,1-3H3,(H,46,51). The molecule has 0 unspecified atom stereocenters. The number of rotatable bonds is 12. The SMILES string of the molecule is COCC12CCC(CCN3CCc4c(nc(C(=O)Nc5cccc(-c6cccc(-c7nc8cc(CO)c(OC(F)F)cc8o7)c6F)c5C)n4C)C3)(CC1)C2. The summed E-state index contributed by atoms with van der Waals surface area (Å²) in [6.45, 7) is 1.69. The highest BCUT2D eigenvalue weighted by Crippen LogP contribution is 2.63. The lowest BCUT2D eigenvalue weighted by Gasteiger charge is -2.32. The number of aliphatic hydroxyl groups is 1. The first kappa shape index (κ1) is 36.3. The van der Waals surface area contributed by atoms with Crippen molar-refractivity contribution in [2.45, 2.75) is 71.6 Å². The monoisotopic (exact) mass is 743 g/mol. The molecule has 2 fully saturated rings. The van der Waals surface area contributed by atoms with Crippen LogP contribution in [0.15, 0.2) is 52.9 Å². The van der Waals surface area contributed by atoms with Crippen LogP contribution >= 0.6 is 0 Å². The average Bonchev–Trinajstić information content (AvgIpc) is 3.92. The van der Waals surface area contributed by atoms with Gasteiger partial charge in [0.25, 0.3) is 5.91 Å². The van der Waals surface area contributed by atoms with E-state index < -0.39 is 19.0 Å². The highest BCUT2D eigenvalue weighted by Gasteiger charge is 2.53. The molecule has 1 amide bonds. The van der Waals surface area contributed by atoms with E-state index in [2.05, 4.69) is 19.9 Å². The van der Waals surface area contributed by atoms with Gasteiger partial charge in [0.15, 0.2) is 11.4 Å². The van der Waals surface area contributed by atoms with Crippen LogP contribution in [0.25, 0.3) is 33.7 Å². The molecule has 284 valence electrons. The van der Waals surface area contributed by atoms with Crippen LogP contribution in [-0.2, 0) is 31.4 Å². The molecule has 13 heteroatoms. The number of imidazole rings is 1. The molecule has 3 aromatic carbocycles. The molecular formula is C41H44F3N5O5. The number of carbonyl (C=O) groups is 1. The van der Waals surface area contributed by atoms with Gasteiger partial charge in [-0.15, -0.1) is 0 Å². The van der Waals surface area contributed by atoms with Crippen molar-refractivity contribution in [3.63, 3.8) is 0 Å². The van der Waals surface area contributed by atoms with Gasteiger partial charge in [-0.3, -0.25) is 9.69 Å². The number of fused-ring (bicyclic) bond motifs is 4. The summed E-state index contributed by atoms with van der Waals surface area (Å²) in [6.07, 6.45) is 8.40. The number of nitrogens with one attached hydrogen (secondary N) is 1. The maximum Gasteiger partial charge on any atom is 0.387 e. The third-order valence-corrected chi connectivity index (χ3v) is 12.1. The summed E-state index contributed by atoms with van der Waals surface area (Å²) in [6, 6.07) is 12.7. The van der Waals surface area contributed by atoms with Crippen LogP contribution in [0.1, 0.15) is 71.7 Å². The number of oxazole rings is 1. The first-order valence-corrected chi connectivity index (χ1v) is 18.5. The molecule has 2 N–H and O–H groups in total. The molecule has 2 saturated carbocycles. The maximum atomic E-state index is 16.3. The molecule has 5 aromatic rings. The lowest BCUT2D eigenvalue weighted by molar-refractivity contribution is -0.0508. The Bertz CT molecular complexity index is 2220.